The van der Waals surface area contributed by atoms with Crippen molar-refractivity contribution in [3.05, 3.63) is 33.9 Å². The Kier molecular flexibility index (Phi) is 11.0. The van der Waals surface area contributed by atoms with Gasteiger partial charge in [-0.25, -0.2) is 0 Å². The fourth-order valence-corrected chi connectivity index (χ4v) is 3.04. The molecule has 1 fully saturated rings. The van der Waals surface area contributed by atoms with E-state index in [9.17, 15) is 15.2 Å². The van der Waals surface area contributed by atoms with Gasteiger partial charge in [0.1, 0.15) is 5.75 Å². The average Bonchev–Trinajstić information content (AvgIpc) is 2.53. The predicted octanol–water partition coefficient (Wildman–Crippen LogP) is 3.67. The molecule has 0 unspecified atom stereocenters. The zero-order valence-corrected chi connectivity index (χ0v) is 15.6. The molecule has 138 valence electrons. The summed E-state index contributed by atoms with van der Waals surface area (Å²) >= 11 is 0. The van der Waals surface area contributed by atoms with E-state index in [2.05, 4.69) is 17.1 Å². The van der Waals surface area contributed by atoms with Crippen LogP contribution in [0.1, 0.15) is 44.2 Å². The van der Waals surface area contributed by atoms with Crippen molar-refractivity contribution in [1.82, 2.24) is 10.2 Å². The van der Waals surface area contributed by atoms with Gasteiger partial charge in [0.2, 0.25) is 0 Å². The number of phenols is 1. The molecule has 8 heteroatoms. The number of unbranched alkanes of at least 4 members (excludes halogenated alkanes) is 2. The number of hydrogen-bond donors (Lipinski definition) is 2. The Hall–Kier alpha value is -1.08. The molecule has 24 heavy (non-hydrogen) atoms. The third-order valence-corrected chi connectivity index (χ3v) is 4.25. The van der Waals surface area contributed by atoms with Crippen molar-refractivity contribution in [2.24, 2.45) is 0 Å². The molecule has 1 atom stereocenters. The monoisotopic (exact) mass is 379 g/mol. The fourth-order valence-electron chi connectivity index (χ4n) is 3.04. The summed E-state index contributed by atoms with van der Waals surface area (Å²) in [7, 11) is 0. The Bertz CT molecular complexity index is 511. The van der Waals surface area contributed by atoms with Crippen molar-refractivity contribution in [1.29, 1.82) is 0 Å². The highest BCUT2D eigenvalue weighted by Gasteiger charge is 2.25. The second-order valence-electron chi connectivity index (χ2n) is 5.80. The summed E-state index contributed by atoms with van der Waals surface area (Å²) < 4.78 is 0. The summed E-state index contributed by atoms with van der Waals surface area (Å²) in [4.78, 5) is 12.9. The lowest BCUT2D eigenvalue weighted by molar-refractivity contribution is -0.385. The first-order chi connectivity index (χ1) is 10.6. The number of nitrogens with zero attached hydrogens (tertiary/aromatic N) is 2. The SMILES string of the molecule is CCCCC[C@H](c1cc([N+](=O)[O-])ccc1O)N1CCNCC1.Cl.Cl. The standard InChI is InChI=1S/C16H25N3O3.2ClH/c1-2-3-4-5-15(18-10-8-17-9-11-18)14-12-13(19(21)22)6-7-16(14)20;;/h6-7,12,15,17,20H,2-5,8-11H2,1H3;2*1H/t15-;;/m1../s1. The minimum atomic E-state index is -0.399. The van der Waals surface area contributed by atoms with Gasteiger partial charge >= 0.3 is 0 Å². The maximum atomic E-state index is 11.0. The first kappa shape index (κ1) is 22.9. The zero-order chi connectivity index (χ0) is 15.9. The van der Waals surface area contributed by atoms with E-state index in [1.165, 1.54) is 18.2 Å². The largest absolute Gasteiger partial charge is 0.508 e. The summed E-state index contributed by atoms with van der Waals surface area (Å²) in [5.41, 5.74) is 0.732. The Labute approximate surface area is 155 Å². The number of hydrogen-bond acceptors (Lipinski definition) is 5. The number of benzene rings is 1. The highest BCUT2D eigenvalue weighted by Crippen LogP contribution is 2.35. The summed E-state index contributed by atoms with van der Waals surface area (Å²) in [6.45, 7) is 5.79. The smallest absolute Gasteiger partial charge is 0.270 e. The van der Waals surface area contributed by atoms with Gasteiger partial charge in [-0.2, -0.15) is 0 Å². The van der Waals surface area contributed by atoms with Gasteiger partial charge in [-0.1, -0.05) is 26.2 Å². The van der Waals surface area contributed by atoms with Gasteiger partial charge in [-0.05, 0) is 12.5 Å². The van der Waals surface area contributed by atoms with Gasteiger partial charge in [0, 0.05) is 49.9 Å². The second-order valence-corrected chi connectivity index (χ2v) is 5.80. The molecule has 0 amide bonds. The van der Waals surface area contributed by atoms with Crippen molar-refractivity contribution in [2.75, 3.05) is 26.2 Å². The fraction of sp³-hybridized carbons (Fsp3) is 0.625. The molecule has 2 rings (SSSR count). The number of phenolic OH excluding ortho intramolecular Hbond substituents is 1. The van der Waals surface area contributed by atoms with Crippen molar-refractivity contribution in [3.63, 3.8) is 0 Å². The summed E-state index contributed by atoms with van der Waals surface area (Å²) in [5, 5.41) is 24.6. The molecule has 1 aromatic carbocycles. The lowest BCUT2D eigenvalue weighted by Gasteiger charge is -2.35. The number of piperazine rings is 1. The van der Waals surface area contributed by atoms with Crippen molar-refractivity contribution >= 4 is 30.5 Å². The van der Waals surface area contributed by atoms with E-state index in [0.717, 1.165) is 51.9 Å². The third-order valence-electron chi connectivity index (χ3n) is 4.25. The maximum Gasteiger partial charge on any atom is 0.270 e. The van der Waals surface area contributed by atoms with Crippen LogP contribution >= 0.6 is 24.8 Å². The van der Waals surface area contributed by atoms with Crippen LogP contribution in [-0.2, 0) is 0 Å². The second kappa shape index (κ2) is 11.5. The summed E-state index contributed by atoms with van der Waals surface area (Å²) in [5.74, 6) is 0.158. The quantitative estimate of drug-likeness (QED) is 0.429. The molecule has 6 nitrogen and oxygen atoms in total. The molecule has 0 radical (unpaired) electrons. The van der Waals surface area contributed by atoms with Crippen molar-refractivity contribution in [2.45, 2.75) is 38.6 Å². The van der Waals surface area contributed by atoms with Gasteiger partial charge in [0.15, 0.2) is 0 Å². The molecule has 1 aliphatic heterocycles. The number of non-ortho nitro benzene ring substituents is 1. The molecule has 2 N–H and O–H groups in total. The Morgan fingerprint density at radius 1 is 1.29 bits per heavy atom. The molecular formula is C16H27Cl2N3O3. The number of rotatable bonds is 7. The molecule has 1 aromatic rings. The molecule has 0 aliphatic carbocycles. The Morgan fingerprint density at radius 2 is 1.96 bits per heavy atom. The third kappa shape index (κ3) is 6.09. The molecule has 0 spiro atoms. The van der Waals surface area contributed by atoms with Crippen LogP contribution < -0.4 is 5.32 Å². The molecule has 1 heterocycles. The van der Waals surface area contributed by atoms with E-state index in [1.807, 2.05) is 0 Å². The number of nitro groups is 1. The van der Waals surface area contributed by atoms with E-state index in [-0.39, 0.29) is 42.3 Å². The highest BCUT2D eigenvalue weighted by molar-refractivity contribution is 5.85. The van der Waals surface area contributed by atoms with Gasteiger partial charge < -0.3 is 10.4 Å². The average molecular weight is 380 g/mol. The first-order valence-electron chi connectivity index (χ1n) is 8.05. The van der Waals surface area contributed by atoms with Crippen LogP contribution in [0, 0.1) is 10.1 Å². The van der Waals surface area contributed by atoms with Gasteiger partial charge in [0.25, 0.3) is 5.69 Å². The van der Waals surface area contributed by atoms with Crippen LogP contribution in [-0.4, -0.2) is 41.1 Å². The van der Waals surface area contributed by atoms with Crippen LogP contribution in [0.15, 0.2) is 18.2 Å². The molecule has 1 saturated heterocycles. The topological polar surface area (TPSA) is 78.6 Å². The van der Waals surface area contributed by atoms with E-state index in [0.29, 0.717) is 5.56 Å². The number of halogens is 2. The van der Waals surface area contributed by atoms with Gasteiger partial charge in [0.05, 0.1) is 4.92 Å². The predicted molar refractivity (Wildman–Crippen MR) is 101 cm³/mol. The van der Waals surface area contributed by atoms with Crippen molar-refractivity contribution in [3.8, 4) is 5.75 Å². The zero-order valence-electron chi connectivity index (χ0n) is 13.9. The maximum absolute atomic E-state index is 11.0. The van der Waals surface area contributed by atoms with Crippen LogP contribution in [0.25, 0.3) is 0 Å². The van der Waals surface area contributed by atoms with Crippen LogP contribution in [0.2, 0.25) is 0 Å². The first-order valence-corrected chi connectivity index (χ1v) is 8.05. The number of nitro benzene ring substituents is 1. The molecule has 0 saturated carbocycles. The van der Waals surface area contributed by atoms with Gasteiger partial charge in [-0.3, -0.25) is 15.0 Å². The van der Waals surface area contributed by atoms with Crippen molar-refractivity contribution < 1.29 is 10.0 Å². The Morgan fingerprint density at radius 3 is 2.54 bits per heavy atom. The van der Waals surface area contributed by atoms with Crippen LogP contribution in [0.4, 0.5) is 5.69 Å². The van der Waals surface area contributed by atoms with Crippen LogP contribution in [0.5, 0.6) is 5.75 Å². The lowest BCUT2D eigenvalue weighted by Crippen LogP contribution is -2.45. The highest BCUT2D eigenvalue weighted by atomic mass is 35.5. The number of nitrogens with one attached hydrogen (secondary N) is 1. The lowest BCUT2D eigenvalue weighted by atomic mass is 9.96. The normalized spacial score (nSPS) is 15.9. The molecule has 1 aliphatic rings. The minimum absolute atomic E-state index is 0. The molecular weight excluding hydrogens is 353 g/mol. The van der Waals surface area contributed by atoms with Crippen LogP contribution in [0.3, 0.4) is 0 Å². The minimum Gasteiger partial charge on any atom is -0.508 e. The molecule has 0 bridgehead atoms. The van der Waals surface area contributed by atoms with E-state index < -0.39 is 4.92 Å². The van der Waals surface area contributed by atoms with E-state index >= 15 is 0 Å². The summed E-state index contributed by atoms with van der Waals surface area (Å²) in [6, 6.07) is 4.39. The Balaban J connectivity index is 0.00000264. The number of aromatic hydroxyl groups is 1. The summed E-state index contributed by atoms with van der Waals surface area (Å²) in [6.07, 6.45) is 4.25. The van der Waals surface area contributed by atoms with E-state index in [1.54, 1.807) is 0 Å². The van der Waals surface area contributed by atoms with E-state index in [4.69, 9.17) is 0 Å². The van der Waals surface area contributed by atoms with Gasteiger partial charge in [-0.15, -0.1) is 24.8 Å². The molecule has 0 aromatic heterocycles.